The van der Waals surface area contributed by atoms with Crippen LogP contribution in [0.25, 0.3) is 0 Å². The maximum Gasteiger partial charge on any atom is 0.148 e. The van der Waals surface area contributed by atoms with Crippen LogP contribution in [0.3, 0.4) is 0 Å². The molecule has 5 nitrogen and oxygen atoms in total. The molecule has 0 amide bonds. The summed E-state index contributed by atoms with van der Waals surface area (Å²) < 4.78 is 0. The third-order valence-electron chi connectivity index (χ3n) is 4.46. The van der Waals surface area contributed by atoms with Crippen molar-refractivity contribution in [3.05, 3.63) is 11.4 Å². The molecule has 1 saturated carbocycles. The van der Waals surface area contributed by atoms with Crippen molar-refractivity contribution in [1.29, 1.82) is 0 Å². The maximum absolute atomic E-state index is 5.60. The molecule has 0 aromatic carbocycles. The van der Waals surface area contributed by atoms with Gasteiger partial charge in [-0.2, -0.15) is 0 Å². The van der Waals surface area contributed by atoms with Crippen LogP contribution < -0.4 is 16.2 Å². The molecule has 2 unspecified atom stereocenters. The van der Waals surface area contributed by atoms with Crippen LogP contribution in [0.15, 0.2) is 0 Å². The predicted octanol–water partition coefficient (Wildman–Crippen LogP) is 2.01. The van der Waals surface area contributed by atoms with Crippen LogP contribution in [0.5, 0.6) is 0 Å². The average Bonchev–Trinajstić information content (AvgIpc) is 3.03. The Morgan fingerprint density at radius 2 is 2.21 bits per heavy atom. The molecule has 1 aliphatic carbocycles. The lowest BCUT2D eigenvalue weighted by Crippen LogP contribution is -2.34. The molecule has 0 spiro atoms. The van der Waals surface area contributed by atoms with Crippen molar-refractivity contribution in [3.8, 4) is 0 Å². The van der Waals surface area contributed by atoms with Crippen LogP contribution in [0.1, 0.15) is 44.0 Å². The van der Waals surface area contributed by atoms with E-state index < -0.39 is 0 Å². The zero-order chi connectivity index (χ0) is 13.4. The minimum atomic E-state index is 0.679. The number of aryl methyl sites for hydroxylation is 1. The zero-order valence-electron chi connectivity index (χ0n) is 11.8. The Labute approximate surface area is 114 Å². The number of hydrazine groups is 1. The van der Waals surface area contributed by atoms with Gasteiger partial charge in [-0.05, 0) is 38.5 Å². The lowest BCUT2D eigenvalue weighted by molar-refractivity contribution is 0.548. The summed E-state index contributed by atoms with van der Waals surface area (Å²) in [7, 11) is 0. The second kappa shape index (κ2) is 4.96. The molecule has 2 bridgehead atoms. The summed E-state index contributed by atoms with van der Waals surface area (Å²) >= 11 is 0. The molecule has 1 aromatic heterocycles. The highest BCUT2D eigenvalue weighted by Gasteiger charge is 2.39. The molecule has 3 rings (SSSR count). The Morgan fingerprint density at radius 1 is 1.37 bits per heavy atom. The molecule has 1 aliphatic heterocycles. The summed E-state index contributed by atoms with van der Waals surface area (Å²) in [6.45, 7) is 5.36. The van der Waals surface area contributed by atoms with Crippen molar-refractivity contribution < 1.29 is 0 Å². The van der Waals surface area contributed by atoms with E-state index in [0.29, 0.717) is 6.04 Å². The minimum absolute atomic E-state index is 0.679. The molecule has 3 N–H and O–H groups in total. The maximum atomic E-state index is 5.60. The molecule has 2 aliphatic rings. The molecule has 5 heteroatoms. The fraction of sp³-hybridized carbons (Fsp3) is 0.714. The van der Waals surface area contributed by atoms with Gasteiger partial charge in [0.1, 0.15) is 17.5 Å². The van der Waals surface area contributed by atoms with E-state index in [1.807, 2.05) is 0 Å². The normalized spacial score (nSPS) is 25.1. The highest BCUT2D eigenvalue weighted by atomic mass is 15.3. The first kappa shape index (κ1) is 12.7. The molecule has 19 heavy (non-hydrogen) atoms. The first-order chi connectivity index (χ1) is 9.22. The molecule has 1 aromatic rings. The second-order valence-electron chi connectivity index (χ2n) is 5.82. The highest BCUT2D eigenvalue weighted by Crippen LogP contribution is 2.41. The molecule has 104 valence electrons. The van der Waals surface area contributed by atoms with Gasteiger partial charge in [0.05, 0.1) is 0 Å². The molecular weight excluding hydrogens is 238 g/mol. The topological polar surface area (TPSA) is 67.1 Å². The fourth-order valence-corrected chi connectivity index (χ4v) is 3.49. The molecule has 2 fully saturated rings. The van der Waals surface area contributed by atoms with Crippen molar-refractivity contribution >= 4 is 11.6 Å². The SMILES string of the molecule is CCCc1nc(NN)c(C)c(N2CC3CCC2C3)n1. The number of fused-ring (bicyclic) bond motifs is 2. The fourth-order valence-electron chi connectivity index (χ4n) is 3.49. The Hall–Kier alpha value is -1.36. The number of hydrogen-bond acceptors (Lipinski definition) is 5. The summed E-state index contributed by atoms with van der Waals surface area (Å²) in [4.78, 5) is 11.8. The van der Waals surface area contributed by atoms with Crippen molar-refractivity contribution in [2.45, 2.75) is 52.0 Å². The van der Waals surface area contributed by atoms with E-state index in [9.17, 15) is 0 Å². The van der Waals surface area contributed by atoms with E-state index >= 15 is 0 Å². The number of nitrogen functional groups attached to an aromatic ring is 1. The van der Waals surface area contributed by atoms with Gasteiger partial charge in [0.2, 0.25) is 0 Å². The van der Waals surface area contributed by atoms with Gasteiger partial charge < -0.3 is 10.3 Å². The third kappa shape index (κ3) is 2.16. The quantitative estimate of drug-likeness (QED) is 0.641. The van der Waals surface area contributed by atoms with Gasteiger partial charge in [0, 0.05) is 24.6 Å². The molecule has 2 atom stereocenters. The van der Waals surface area contributed by atoms with Gasteiger partial charge in [-0.1, -0.05) is 6.92 Å². The molecular formula is C14H23N5. The second-order valence-corrected chi connectivity index (χ2v) is 5.82. The highest BCUT2D eigenvalue weighted by molar-refractivity contribution is 5.59. The van der Waals surface area contributed by atoms with Crippen molar-refractivity contribution in [1.82, 2.24) is 9.97 Å². The summed E-state index contributed by atoms with van der Waals surface area (Å²) in [6.07, 6.45) is 5.98. The Kier molecular flexibility index (Phi) is 3.31. The van der Waals surface area contributed by atoms with Gasteiger partial charge in [0.25, 0.3) is 0 Å². The monoisotopic (exact) mass is 261 g/mol. The number of rotatable bonds is 4. The van der Waals surface area contributed by atoms with Gasteiger partial charge in [0.15, 0.2) is 0 Å². The van der Waals surface area contributed by atoms with Crippen LogP contribution in [0.4, 0.5) is 11.6 Å². The Bertz CT molecular complexity index is 473. The average molecular weight is 261 g/mol. The molecule has 0 radical (unpaired) electrons. The Balaban J connectivity index is 1.97. The van der Waals surface area contributed by atoms with Crippen LogP contribution in [-0.4, -0.2) is 22.6 Å². The van der Waals surface area contributed by atoms with Crippen molar-refractivity contribution in [3.63, 3.8) is 0 Å². The van der Waals surface area contributed by atoms with Crippen molar-refractivity contribution in [2.75, 3.05) is 16.9 Å². The molecule has 2 heterocycles. The third-order valence-corrected chi connectivity index (χ3v) is 4.46. The number of nitrogens with one attached hydrogen (secondary N) is 1. The van der Waals surface area contributed by atoms with Crippen LogP contribution >= 0.6 is 0 Å². The standard InChI is InChI=1S/C14H23N5/c1-3-4-12-16-13(18-15)9(2)14(17-12)19-8-10-5-6-11(19)7-10/h10-11H,3-8,15H2,1-2H3,(H,16,17,18). The molecule has 1 saturated heterocycles. The summed E-state index contributed by atoms with van der Waals surface area (Å²) in [5, 5.41) is 0. The first-order valence-electron chi connectivity index (χ1n) is 7.33. The van der Waals surface area contributed by atoms with Gasteiger partial charge in [-0.25, -0.2) is 15.8 Å². The van der Waals surface area contributed by atoms with Crippen LogP contribution in [-0.2, 0) is 6.42 Å². The number of aromatic nitrogens is 2. The predicted molar refractivity (Wildman–Crippen MR) is 77.0 cm³/mol. The lowest BCUT2D eigenvalue weighted by atomic mass is 10.1. The number of hydrogen-bond donors (Lipinski definition) is 2. The van der Waals surface area contributed by atoms with E-state index in [1.54, 1.807) is 0 Å². The summed E-state index contributed by atoms with van der Waals surface area (Å²) in [5.74, 6) is 9.24. The van der Waals surface area contributed by atoms with E-state index in [2.05, 4.69) is 29.2 Å². The summed E-state index contributed by atoms with van der Waals surface area (Å²) in [5.41, 5.74) is 3.80. The van der Waals surface area contributed by atoms with E-state index in [4.69, 9.17) is 10.8 Å². The van der Waals surface area contributed by atoms with E-state index in [-0.39, 0.29) is 0 Å². The van der Waals surface area contributed by atoms with Gasteiger partial charge in [-0.3, -0.25) is 0 Å². The van der Waals surface area contributed by atoms with Crippen LogP contribution in [0.2, 0.25) is 0 Å². The number of nitrogens with zero attached hydrogens (tertiary/aromatic N) is 3. The number of nitrogens with two attached hydrogens (primary N) is 1. The van der Waals surface area contributed by atoms with E-state index in [1.165, 1.54) is 19.3 Å². The van der Waals surface area contributed by atoms with Gasteiger partial charge in [-0.15, -0.1) is 0 Å². The van der Waals surface area contributed by atoms with Gasteiger partial charge >= 0.3 is 0 Å². The summed E-state index contributed by atoms with van der Waals surface area (Å²) in [6, 6.07) is 0.679. The largest absolute Gasteiger partial charge is 0.353 e. The van der Waals surface area contributed by atoms with Crippen molar-refractivity contribution in [2.24, 2.45) is 11.8 Å². The van der Waals surface area contributed by atoms with Crippen LogP contribution in [0, 0.1) is 12.8 Å². The minimum Gasteiger partial charge on any atom is -0.353 e. The first-order valence-corrected chi connectivity index (χ1v) is 7.33. The Morgan fingerprint density at radius 3 is 2.79 bits per heavy atom. The number of piperidine rings is 1. The number of anilines is 2. The lowest BCUT2D eigenvalue weighted by Gasteiger charge is -2.30. The van der Waals surface area contributed by atoms with E-state index in [0.717, 1.165) is 48.3 Å². The zero-order valence-corrected chi connectivity index (χ0v) is 11.8. The smallest absolute Gasteiger partial charge is 0.148 e.